The first kappa shape index (κ1) is 22.4. The van der Waals surface area contributed by atoms with Crippen LogP contribution < -0.4 is 14.8 Å². The van der Waals surface area contributed by atoms with Gasteiger partial charge >= 0.3 is 0 Å². The van der Waals surface area contributed by atoms with Crippen LogP contribution in [-0.2, 0) is 0 Å². The molecule has 0 fully saturated rings. The summed E-state index contributed by atoms with van der Waals surface area (Å²) in [4.78, 5) is 13.2. The number of anilines is 2. The van der Waals surface area contributed by atoms with E-state index in [9.17, 15) is 0 Å². The average Bonchev–Trinajstić information content (AvgIpc) is 2.95. The minimum Gasteiger partial charge on any atom is -0.495 e. The molecule has 0 atom stereocenters. The van der Waals surface area contributed by atoms with Gasteiger partial charge in [-0.1, -0.05) is 24.3 Å². The number of hydrogen-bond donors (Lipinski definition) is 1. The number of benzene rings is 2. The fraction of sp³-hybridized carbons (Fsp3) is 0.0690. The molecule has 0 amide bonds. The summed E-state index contributed by atoms with van der Waals surface area (Å²) in [6.07, 6.45) is 5.17. The Hall–Kier alpha value is -5.11. The lowest BCUT2D eigenvalue weighted by molar-refractivity contribution is 0.413. The highest BCUT2D eigenvalue weighted by Gasteiger charge is 2.12. The lowest BCUT2D eigenvalue weighted by Crippen LogP contribution is -1.99. The lowest BCUT2D eigenvalue weighted by atomic mass is 10.1. The molecule has 4 aromatic heterocycles. The number of pyridine rings is 3. The van der Waals surface area contributed by atoms with E-state index in [2.05, 4.69) is 30.5 Å². The summed E-state index contributed by atoms with van der Waals surface area (Å²) in [6, 6.07) is 23.3. The van der Waals surface area contributed by atoms with Gasteiger partial charge in [0.05, 0.1) is 18.8 Å². The molecule has 4 heterocycles. The van der Waals surface area contributed by atoms with Crippen LogP contribution in [0.25, 0.3) is 33.1 Å². The molecule has 0 bridgehead atoms. The van der Waals surface area contributed by atoms with Crippen LogP contribution in [0.5, 0.6) is 17.2 Å². The van der Waals surface area contributed by atoms with E-state index in [4.69, 9.17) is 9.47 Å². The third kappa shape index (κ3) is 4.48. The van der Waals surface area contributed by atoms with Gasteiger partial charge in [0, 0.05) is 52.2 Å². The molecule has 0 unspecified atom stereocenters. The number of methoxy groups -OCH3 is 1. The number of aromatic nitrogens is 5. The monoisotopic (exact) mass is 486 g/mol. The van der Waals surface area contributed by atoms with Gasteiger partial charge in [0.2, 0.25) is 0 Å². The lowest BCUT2D eigenvalue weighted by Gasteiger charge is -2.12. The predicted molar refractivity (Wildman–Crippen MR) is 143 cm³/mol. The van der Waals surface area contributed by atoms with E-state index in [1.807, 2.05) is 79.9 Å². The molecule has 6 aromatic rings. The number of ether oxygens (including phenoxy) is 2. The number of fused-ring (bicyclic) bond motifs is 2. The maximum Gasteiger partial charge on any atom is 0.161 e. The van der Waals surface area contributed by atoms with Crippen LogP contribution in [0.2, 0.25) is 0 Å². The van der Waals surface area contributed by atoms with Gasteiger partial charge in [-0.25, -0.2) is 4.98 Å². The number of hydrogen-bond acceptors (Lipinski definition) is 8. The zero-order valence-electron chi connectivity index (χ0n) is 20.2. The summed E-state index contributed by atoms with van der Waals surface area (Å²) in [5.74, 6) is 2.61. The van der Waals surface area contributed by atoms with E-state index in [-0.39, 0.29) is 0 Å². The summed E-state index contributed by atoms with van der Waals surface area (Å²) in [6.45, 7) is 1.96. The summed E-state index contributed by atoms with van der Waals surface area (Å²) in [5.41, 5.74) is 4.91. The molecule has 0 aliphatic heterocycles. The predicted octanol–water partition coefficient (Wildman–Crippen LogP) is 6.49. The summed E-state index contributed by atoms with van der Waals surface area (Å²) in [7, 11) is 1.60. The highest BCUT2D eigenvalue weighted by Crippen LogP contribution is 2.32. The Balaban J connectivity index is 1.26. The Kier molecular flexibility index (Phi) is 5.74. The smallest absolute Gasteiger partial charge is 0.161 e. The highest BCUT2D eigenvalue weighted by atomic mass is 16.5. The molecule has 6 rings (SSSR count). The Morgan fingerprint density at radius 1 is 0.757 bits per heavy atom. The molecule has 0 saturated heterocycles. The zero-order valence-corrected chi connectivity index (χ0v) is 20.2. The van der Waals surface area contributed by atoms with Gasteiger partial charge in [-0.15, -0.1) is 10.2 Å². The van der Waals surface area contributed by atoms with E-state index >= 15 is 0 Å². The van der Waals surface area contributed by atoms with Crippen molar-refractivity contribution in [3.05, 3.63) is 97.1 Å². The number of nitrogens with one attached hydrogen (secondary N) is 1. The molecule has 0 radical (unpaired) electrons. The van der Waals surface area contributed by atoms with Crippen molar-refractivity contribution in [3.63, 3.8) is 0 Å². The zero-order chi connectivity index (χ0) is 25.2. The van der Waals surface area contributed by atoms with Crippen LogP contribution in [0.4, 0.5) is 11.5 Å². The van der Waals surface area contributed by atoms with E-state index in [1.54, 1.807) is 25.6 Å². The number of nitrogens with zero attached hydrogens (tertiary/aromatic N) is 5. The molecule has 37 heavy (non-hydrogen) atoms. The molecule has 1 N–H and O–H groups in total. The second-order valence-corrected chi connectivity index (χ2v) is 8.43. The number of rotatable bonds is 6. The molecule has 8 heteroatoms. The Morgan fingerprint density at radius 2 is 1.59 bits per heavy atom. The summed E-state index contributed by atoms with van der Waals surface area (Å²) in [5, 5.41) is 14.4. The molecular formula is C29H22N6O2. The quantitative estimate of drug-likeness (QED) is 0.285. The molecular weight excluding hydrogens is 464 g/mol. The molecule has 2 aromatic carbocycles. The maximum atomic E-state index is 6.11. The minimum absolute atomic E-state index is 0.617. The SMILES string of the molecule is COc1cnc2c(Oc3ccc(Nc4nnc(-c5ccc(C)nc5)c5ccccc45)cc3)ccnc2c1. The van der Waals surface area contributed by atoms with Gasteiger partial charge < -0.3 is 14.8 Å². The van der Waals surface area contributed by atoms with Crippen LogP contribution in [0, 0.1) is 6.92 Å². The largest absolute Gasteiger partial charge is 0.495 e. The van der Waals surface area contributed by atoms with Crippen molar-refractivity contribution in [2.75, 3.05) is 12.4 Å². The molecule has 0 aliphatic rings. The Bertz CT molecular complexity index is 1720. The maximum absolute atomic E-state index is 6.11. The second-order valence-electron chi connectivity index (χ2n) is 8.43. The van der Waals surface area contributed by atoms with Crippen molar-refractivity contribution in [1.82, 2.24) is 25.1 Å². The van der Waals surface area contributed by atoms with Crippen LogP contribution in [-0.4, -0.2) is 32.3 Å². The van der Waals surface area contributed by atoms with Crippen molar-refractivity contribution in [1.29, 1.82) is 0 Å². The van der Waals surface area contributed by atoms with Crippen molar-refractivity contribution in [3.8, 4) is 28.5 Å². The van der Waals surface area contributed by atoms with E-state index in [1.165, 1.54) is 0 Å². The van der Waals surface area contributed by atoms with Crippen LogP contribution in [0.3, 0.4) is 0 Å². The Labute approximate surface area is 213 Å². The van der Waals surface area contributed by atoms with Gasteiger partial charge in [0.15, 0.2) is 11.6 Å². The van der Waals surface area contributed by atoms with Crippen molar-refractivity contribution in [2.24, 2.45) is 0 Å². The third-order valence-electron chi connectivity index (χ3n) is 5.97. The first-order valence-corrected chi connectivity index (χ1v) is 11.7. The van der Waals surface area contributed by atoms with Crippen LogP contribution in [0.1, 0.15) is 5.69 Å². The van der Waals surface area contributed by atoms with Gasteiger partial charge in [-0.2, -0.15) is 0 Å². The standard InChI is InChI=1S/C29H22N6O2/c1-18-7-8-19(16-31-18)27-23-5-3-4-6-24(23)29(35-34-27)33-20-9-11-21(12-10-20)37-26-13-14-30-25-15-22(36-2)17-32-28(25)26/h3-17H,1-2H3,(H,33,35). The van der Waals surface area contributed by atoms with Gasteiger partial charge in [-0.3, -0.25) is 9.97 Å². The van der Waals surface area contributed by atoms with Gasteiger partial charge in [-0.05, 0) is 43.3 Å². The van der Waals surface area contributed by atoms with E-state index < -0.39 is 0 Å². The van der Waals surface area contributed by atoms with Crippen LogP contribution >= 0.6 is 0 Å². The molecule has 180 valence electrons. The average molecular weight is 487 g/mol. The molecule has 0 spiro atoms. The summed E-state index contributed by atoms with van der Waals surface area (Å²) >= 11 is 0. The van der Waals surface area contributed by atoms with Crippen molar-refractivity contribution in [2.45, 2.75) is 6.92 Å². The molecule has 0 saturated carbocycles. The highest BCUT2D eigenvalue weighted by molar-refractivity contribution is 6.00. The number of aryl methyl sites for hydroxylation is 1. The van der Waals surface area contributed by atoms with Gasteiger partial charge in [0.1, 0.15) is 22.7 Å². The van der Waals surface area contributed by atoms with Crippen LogP contribution in [0.15, 0.2) is 91.4 Å². The van der Waals surface area contributed by atoms with E-state index in [0.717, 1.165) is 33.4 Å². The fourth-order valence-electron chi connectivity index (χ4n) is 4.07. The molecule has 0 aliphatic carbocycles. The minimum atomic E-state index is 0.617. The summed E-state index contributed by atoms with van der Waals surface area (Å²) < 4.78 is 11.3. The fourth-order valence-corrected chi connectivity index (χ4v) is 4.07. The second kappa shape index (κ2) is 9.50. The van der Waals surface area contributed by atoms with Crippen molar-refractivity contribution < 1.29 is 9.47 Å². The van der Waals surface area contributed by atoms with E-state index in [0.29, 0.717) is 34.1 Å². The van der Waals surface area contributed by atoms with Crippen molar-refractivity contribution >= 4 is 33.3 Å². The molecule has 8 nitrogen and oxygen atoms in total. The topological polar surface area (TPSA) is 94.9 Å². The first-order chi connectivity index (χ1) is 18.2. The Morgan fingerprint density at radius 3 is 2.38 bits per heavy atom. The van der Waals surface area contributed by atoms with Gasteiger partial charge in [0.25, 0.3) is 0 Å². The third-order valence-corrected chi connectivity index (χ3v) is 5.97. The normalized spacial score (nSPS) is 11.0. The first-order valence-electron chi connectivity index (χ1n) is 11.7.